The Labute approximate surface area is 122 Å². The lowest BCUT2D eigenvalue weighted by Gasteiger charge is -2.33. The summed E-state index contributed by atoms with van der Waals surface area (Å²) in [6.45, 7) is 2.04. The third-order valence-corrected chi connectivity index (χ3v) is 5.68. The minimum Gasteiger partial charge on any atom is -0.321 e. The van der Waals surface area contributed by atoms with Crippen molar-refractivity contribution in [3.63, 3.8) is 0 Å². The van der Waals surface area contributed by atoms with Gasteiger partial charge < -0.3 is 5.73 Å². The van der Waals surface area contributed by atoms with Gasteiger partial charge in [-0.15, -0.1) is 11.3 Å². The molecule has 0 aliphatic carbocycles. The van der Waals surface area contributed by atoms with E-state index in [9.17, 15) is 0 Å². The van der Waals surface area contributed by atoms with E-state index in [1.54, 1.807) is 11.3 Å². The number of nitrogens with two attached hydrogens (primary N) is 1. The van der Waals surface area contributed by atoms with Gasteiger partial charge in [-0.1, -0.05) is 18.2 Å². The lowest BCUT2D eigenvalue weighted by Crippen LogP contribution is -2.40. The summed E-state index contributed by atoms with van der Waals surface area (Å²) in [5.74, 6) is 2.33. The first-order valence-electron chi connectivity index (χ1n) is 6.57. The van der Waals surface area contributed by atoms with Crippen LogP contribution in [0, 0.1) is 6.92 Å². The van der Waals surface area contributed by atoms with E-state index in [4.69, 9.17) is 5.73 Å². The van der Waals surface area contributed by atoms with Crippen LogP contribution in [0.5, 0.6) is 0 Å². The molecule has 4 heteroatoms. The van der Waals surface area contributed by atoms with Crippen molar-refractivity contribution in [1.82, 2.24) is 4.98 Å². The van der Waals surface area contributed by atoms with Crippen molar-refractivity contribution >= 4 is 23.1 Å². The maximum absolute atomic E-state index is 6.61. The lowest BCUT2D eigenvalue weighted by molar-refractivity contribution is 0.411. The molecule has 2 aromatic rings. The quantitative estimate of drug-likeness (QED) is 0.914. The van der Waals surface area contributed by atoms with Gasteiger partial charge in [-0.25, -0.2) is 4.98 Å². The second kappa shape index (κ2) is 5.27. The van der Waals surface area contributed by atoms with Crippen LogP contribution in [0.3, 0.4) is 0 Å². The van der Waals surface area contributed by atoms with Crippen molar-refractivity contribution < 1.29 is 0 Å². The maximum atomic E-state index is 6.61. The molecule has 1 aromatic carbocycles. The largest absolute Gasteiger partial charge is 0.321 e. The molecule has 1 aliphatic rings. The van der Waals surface area contributed by atoms with Gasteiger partial charge in [0.25, 0.3) is 0 Å². The van der Waals surface area contributed by atoms with Gasteiger partial charge >= 0.3 is 0 Å². The molecule has 1 saturated heterocycles. The van der Waals surface area contributed by atoms with Crippen LogP contribution in [-0.4, -0.2) is 16.5 Å². The van der Waals surface area contributed by atoms with E-state index < -0.39 is 0 Å². The summed E-state index contributed by atoms with van der Waals surface area (Å²) in [6.07, 6.45) is 4.10. The fourth-order valence-corrected chi connectivity index (χ4v) is 4.50. The van der Waals surface area contributed by atoms with Gasteiger partial charge in [0.1, 0.15) is 0 Å². The number of hydrogen-bond donors (Lipinski definition) is 1. The number of rotatable bonds is 2. The summed E-state index contributed by atoms with van der Waals surface area (Å²) < 4.78 is 0. The molecule has 0 bridgehead atoms. The summed E-state index contributed by atoms with van der Waals surface area (Å²) >= 11 is 3.75. The van der Waals surface area contributed by atoms with Gasteiger partial charge in [-0.05, 0) is 48.5 Å². The van der Waals surface area contributed by atoms with E-state index in [-0.39, 0.29) is 5.54 Å². The zero-order valence-corrected chi connectivity index (χ0v) is 12.7. The SMILES string of the molecule is Cc1ncc(-c2cccc(C3(N)CCSCC3)c2)s1. The van der Waals surface area contributed by atoms with Crippen LogP contribution in [0.25, 0.3) is 10.4 Å². The molecule has 19 heavy (non-hydrogen) atoms. The van der Waals surface area contributed by atoms with Crippen molar-refractivity contribution in [3.05, 3.63) is 41.0 Å². The Morgan fingerprint density at radius 1 is 1.26 bits per heavy atom. The molecule has 2 heterocycles. The highest BCUT2D eigenvalue weighted by molar-refractivity contribution is 7.99. The molecule has 1 aliphatic heterocycles. The average molecular weight is 290 g/mol. The van der Waals surface area contributed by atoms with E-state index in [0.29, 0.717) is 0 Å². The van der Waals surface area contributed by atoms with Gasteiger partial charge in [0, 0.05) is 11.7 Å². The van der Waals surface area contributed by atoms with Crippen LogP contribution < -0.4 is 5.73 Å². The van der Waals surface area contributed by atoms with Gasteiger partial charge in [0.2, 0.25) is 0 Å². The molecular formula is C15H18N2S2. The summed E-state index contributed by atoms with van der Waals surface area (Å²) in [7, 11) is 0. The number of aromatic nitrogens is 1. The Morgan fingerprint density at radius 2 is 2.05 bits per heavy atom. The molecule has 1 aromatic heterocycles. The Morgan fingerprint density at radius 3 is 2.74 bits per heavy atom. The highest BCUT2D eigenvalue weighted by atomic mass is 32.2. The van der Waals surface area contributed by atoms with E-state index in [1.807, 2.05) is 24.9 Å². The minimum atomic E-state index is -0.138. The number of aryl methyl sites for hydroxylation is 1. The molecule has 0 atom stereocenters. The summed E-state index contributed by atoms with van der Waals surface area (Å²) in [5.41, 5.74) is 8.99. The first-order valence-corrected chi connectivity index (χ1v) is 8.54. The Kier molecular flexibility index (Phi) is 3.65. The topological polar surface area (TPSA) is 38.9 Å². The number of thioether (sulfide) groups is 1. The molecule has 2 N–H and O–H groups in total. The van der Waals surface area contributed by atoms with Gasteiger partial charge in [-0.3, -0.25) is 0 Å². The predicted octanol–water partition coefficient (Wildman–Crippen LogP) is 3.80. The molecule has 100 valence electrons. The van der Waals surface area contributed by atoms with Gasteiger partial charge in [0.15, 0.2) is 0 Å². The maximum Gasteiger partial charge on any atom is 0.0900 e. The third kappa shape index (κ3) is 2.71. The summed E-state index contributed by atoms with van der Waals surface area (Å²) in [4.78, 5) is 5.57. The van der Waals surface area contributed by atoms with Crippen LogP contribution in [0.2, 0.25) is 0 Å². The molecule has 0 spiro atoms. The normalized spacial score (nSPS) is 18.4. The van der Waals surface area contributed by atoms with Crippen LogP contribution >= 0.6 is 23.1 Å². The first-order chi connectivity index (χ1) is 9.17. The average Bonchev–Trinajstić information content (AvgIpc) is 2.87. The van der Waals surface area contributed by atoms with Crippen molar-refractivity contribution in [1.29, 1.82) is 0 Å². The second-order valence-electron chi connectivity index (χ2n) is 5.09. The van der Waals surface area contributed by atoms with E-state index in [2.05, 4.69) is 29.2 Å². The number of benzene rings is 1. The van der Waals surface area contributed by atoms with E-state index >= 15 is 0 Å². The first kappa shape index (κ1) is 13.2. The summed E-state index contributed by atoms with van der Waals surface area (Å²) in [6, 6.07) is 8.70. The molecule has 0 saturated carbocycles. The number of nitrogens with zero attached hydrogens (tertiary/aromatic N) is 1. The van der Waals surface area contributed by atoms with Crippen LogP contribution in [-0.2, 0) is 5.54 Å². The predicted molar refractivity (Wildman–Crippen MR) is 84.7 cm³/mol. The zero-order chi connectivity index (χ0) is 13.3. The minimum absolute atomic E-state index is 0.138. The molecule has 3 rings (SSSR count). The molecular weight excluding hydrogens is 272 g/mol. The molecule has 0 radical (unpaired) electrons. The molecule has 1 fully saturated rings. The Hall–Kier alpha value is -0.840. The highest BCUT2D eigenvalue weighted by Crippen LogP contribution is 2.36. The fraction of sp³-hybridized carbons (Fsp3) is 0.400. The highest BCUT2D eigenvalue weighted by Gasteiger charge is 2.29. The van der Waals surface area contributed by atoms with Crippen molar-refractivity contribution in [3.8, 4) is 10.4 Å². The van der Waals surface area contributed by atoms with Crippen molar-refractivity contribution in [2.24, 2.45) is 5.73 Å². The molecule has 0 amide bonds. The van der Waals surface area contributed by atoms with Crippen LogP contribution in [0.4, 0.5) is 0 Å². The fourth-order valence-electron chi connectivity index (χ4n) is 2.50. The number of thiazole rings is 1. The lowest BCUT2D eigenvalue weighted by atomic mass is 9.84. The molecule has 2 nitrogen and oxygen atoms in total. The van der Waals surface area contributed by atoms with Crippen molar-refractivity contribution in [2.75, 3.05) is 11.5 Å². The number of hydrogen-bond acceptors (Lipinski definition) is 4. The molecule has 0 unspecified atom stereocenters. The Balaban J connectivity index is 1.95. The van der Waals surface area contributed by atoms with Gasteiger partial charge in [-0.2, -0.15) is 11.8 Å². The monoisotopic (exact) mass is 290 g/mol. The standard InChI is InChI=1S/C15H18N2S2/c1-11-17-10-14(19-11)12-3-2-4-13(9-12)15(16)5-7-18-8-6-15/h2-4,9-10H,5-8,16H2,1H3. The smallest absolute Gasteiger partial charge is 0.0900 e. The van der Waals surface area contributed by atoms with E-state index in [1.165, 1.54) is 27.5 Å². The van der Waals surface area contributed by atoms with Crippen molar-refractivity contribution in [2.45, 2.75) is 25.3 Å². The summed E-state index contributed by atoms with van der Waals surface area (Å²) in [5, 5.41) is 1.11. The second-order valence-corrected chi connectivity index (χ2v) is 7.55. The Bertz CT molecular complexity index is 571. The zero-order valence-electron chi connectivity index (χ0n) is 11.1. The van der Waals surface area contributed by atoms with Crippen LogP contribution in [0.1, 0.15) is 23.4 Å². The van der Waals surface area contributed by atoms with Gasteiger partial charge in [0.05, 0.1) is 9.88 Å². The van der Waals surface area contributed by atoms with E-state index in [0.717, 1.165) is 17.8 Å². The van der Waals surface area contributed by atoms with Crippen LogP contribution in [0.15, 0.2) is 30.5 Å². The third-order valence-electron chi connectivity index (χ3n) is 3.73.